The van der Waals surface area contributed by atoms with Gasteiger partial charge in [-0.15, -0.1) is 10.2 Å². The fraction of sp³-hybridized carbons (Fsp3) is 0.407. The molecule has 0 saturated carbocycles. The molecular formula is C27H31N9O2. The molecular weight excluding hydrogens is 482 g/mol. The van der Waals surface area contributed by atoms with Gasteiger partial charge in [0.25, 0.3) is 11.8 Å². The Morgan fingerprint density at radius 3 is 2.61 bits per heavy atom. The van der Waals surface area contributed by atoms with Crippen molar-refractivity contribution < 1.29 is 9.59 Å². The molecule has 6 heterocycles. The van der Waals surface area contributed by atoms with Crippen molar-refractivity contribution in [3.63, 3.8) is 0 Å². The monoisotopic (exact) mass is 513 g/mol. The maximum absolute atomic E-state index is 13.1. The first-order valence-corrected chi connectivity index (χ1v) is 13.1. The topological polar surface area (TPSA) is 122 Å². The number of piperidine rings is 1. The van der Waals surface area contributed by atoms with Gasteiger partial charge in [-0.05, 0) is 56.4 Å². The highest BCUT2D eigenvalue weighted by Crippen LogP contribution is 2.34. The maximum Gasteiger partial charge on any atom is 0.294 e. The van der Waals surface area contributed by atoms with E-state index in [1.165, 1.54) is 38.3 Å². The molecule has 2 amide bonds. The Morgan fingerprint density at radius 2 is 1.84 bits per heavy atom. The highest BCUT2D eigenvalue weighted by Gasteiger charge is 2.35. The molecule has 2 aliphatic heterocycles. The second-order valence-electron chi connectivity index (χ2n) is 10.2. The number of hydrogen-bond donors (Lipinski definition) is 2. The number of nitrogens with one attached hydrogen (secondary N) is 2. The Hall–Kier alpha value is -4.12. The zero-order chi connectivity index (χ0) is 26.2. The fourth-order valence-corrected chi connectivity index (χ4v) is 5.75. The van der Waals surface area contributed by atoms with Crippen molar-refractivity contribution in [2.45, 2.75) is 51.1 Å². The number of aryl methyl sites for hydroxylation is 2. The van der Waals surface area contributed by atoms with Crippen LogP contribution in [0.2, 0.25) is 0 Å². The van der Waals surface area contributed by atoms with Crippen LogP contribution in [0.5, 0.6) is 0 Å². The Morgan fingerprint density at radius 1 is 1.03 bits per heavy atom. The molecule has 2 saturated heterocycles. The summed E-state index contributed by atoms with van der Waals surface area (Å²) in [5.74, 6) is -0.494. The van der Waals surface area contributed by atoms with Crippen LogP contribution in [0.25, 0.3) is 16.8 Å². The molecule has 2 aliphatic rings. The van der Waals surface area contributed by atoms with E-state index in [4.69, 9.17) is 0 Å². The van der Waals surface area contributed by atoms with E-state index >= 15 is 0 Å². The minimum absolute atomic E-state index is 0.142. The quantitative estimate of drug-likeness (QED) is 0.390. The molecule has 0 aromatic carbocycles. The first-order chi connectivity index (χ1) is 18.5. The van der Waals surface area contributed by atoms with E-state index in [-0.39, 0.29) is 11.7 Å². The van der Waals surface area contributed by atoms with E-state index in [0.29, 0.717) is 41.2 Å². The van der Waals surface area contributed by atoms with Crippen LogP contribution >= 0.6 is 0 Å². The van der Waals surface area contributed by atoms with Gasteiger partial charge in [-0.2, -0.15) is 5.10 Å². The first kappa shape index (κ1) is 24.2. The normalized spacial score (nSPS) is 19.1. The Labute approximate surface area is 220 Å². The van der Waals surface area contributed by atoms with Crippen molar-refractivity contribution in [1.29, 1.82) is 0 Å². The molecule has 0 radical (unpaired) electrons. The van der Waals surface area contributed by atoms with Crippen molar-refractivity contribution in [2.24, 2.45) is 7.05 Å². The van der Waals surface area contributed by atoms with Crippen LogP contribution in [0.4, 0.5) is 5.69 Å². The SMILES string of the molecule is Cc1ncc(C(=O)NCCN2C3CCCC2CC3)cc1NC(=O)c1nnc2cc(-c3cnn(C)c3)ccn12. The molecule has 0 aliphatic carbocycles. The van der Waals surface area contributed by atoms with Crippen molar-refractivity contribution >= 4 is 23.1 Å². The first-order valence-electron chi connectivity index (χ1n) is 13.1. The molecule has 4 aromatic heterocycles. The summed E-state index contributed by atoms with van der Waals surface area (Å²) in [6.07, 6.45) is 13.4. The van der Waals surface area contributed by atoms with Crippen LogP contribution in [0, 0.1) is 6.92 Å². The third-order valence-electron chi connectivity index (χ3n) is 7.75. The smallest absolute Gasteiger partial charge is 0.294 e. The van der Waals surface area contributed by atoms with Crippen LogP contribution in [-0.2, 0) is 7.05 Å². The van der Waals surface area contributed by atoms with Crippen molar-refractivity contribution in [1.82, 2.24) is 39.6 Å². The molecule has 38 heavy (non-hydrogen) atoms. The van der Waals surface area contributed by atoms with Crippen molar-refractivity contribution in [2.75, 3.05) is 18.4 Å². The third-order valence-corrected chi connectivity index (χ3v) is 7.75. The van der Waals surface area contributed by atoms with E-state index in [0.717, 1.165) is 17.7 Å². The van der Waals surface area contributed by atoms with Gasteiger partial charge in [0.2, 0.25) is 5.82 Å². The average molecular weight is 514 g/mol. The lowest BCUT2D eigenvalue weighted by molar-refractivity contribution is 0.0930. The summed E-state index contributed by atoms with van der Waals surface area (Å²) < 4.78 is 3.35. The summed E-state index contributed by atoms with van der Waals surface area (Å²) in [6, 6.07) is 6.74. The fourth-order valence-electron chi connectivity index (χ4n) is 5.75. The van der Waals surface area contributed by atoms with E-state index in [9.17, 15) is 9.59 Å². The Bertz CT molecular complexity index is 1490. The summed E-state index contributed by atoms with van der Waals surface area (Å²) in [7, 11) is 1.86. The van der Waals surface area contributed by atoms with Crippen molar-refractivity contribution in [3.05, 3.63) is 60.1 Å². The standard InChI is InChI=1S/C27H31N9O2/c1-17-23(12-19(14-29-17)26(37)28-9-11-35-21-4-3-5-22(35)7-6-21)31-27(38)25-33-32-24-13-18(8-10-36(24)25)20-15-30-34(2)16-20/h8,10,12-16,21-22H,3-7,9,11H2,1-2H3,(H,28,37)(H,31,38). The summed E-state index contributed by atoms with van der Waals surface area (Å²) in [6.45, 7) is 3.24. The molecule has 2 fully saturated rings. The lowest BCUT2D eigenvalue weighted by atomic mass is 10.0. The molecule has 4 aromatic rings. The lowest BCUT2D eigenvalue weighted by Crippen LogP contribution is -2.44. The second-order valence-corrected chi connectivity index (χ2v) is 10.2. The number of carbonyl (C=O) groups is 2. The number of amides is 2. The van der Waals surface area contributed by atoms with E-state index in [1.54, 1.807) is 34.5 Å². The highest BCUT2D eigenvalue weighted by atomic mass is 16.2. The summed E-state index contributed by atoms with van der Waals surface area (Å²) in [5.41, 5.74) is 3.88. The highest BCUT2D eigenvalue weighted by molar-refractivity contribution is 6.03. The molecule has 11 heteroatoms. The second kappa shape index (κ2) is 9.97. The van der Waals surface area contributed by atoms with Gasteiger partial charge in [-0.1, -0.05) is 6.42 Å². The predicted molar refractivity (Wildman–Crippen MR) is 142 cm³/mol. The number of carbonyl (C=O) groups excluding carboxylic acids is 2. The van der Waals surface area contributed by atoms with Gasteiger partial charge in [0, 0.05) is 56.4 Å². The van der Waals surface area contributed by atoms with E-state index in [1.807, 2.05) is 25.4 Å². The molecule has 2 bridgehead atoms. The number of pyridine rings is 2. The minimum atomic E-state index is -0.436. The number of aromatic nitrogens is 6. The Balaban J connectivity index is 1.12. The van der Waals surface area contributed by atoms with E-state index in [2.05, 4.69) is 35.8 Å². The van der Waals surface area contributed by atoms with Crippen LogP contribution in [0.3, 0.4) is 0 Å². The van der Waals surface area contributed by atoms with Crippen LogP contribution in [-0.4, -0.2) is 71.2 Å². The summed E-state index contributed by atoms with van der Waals surface area (Å²) >= 11 is 0. The molecule has 0 spiro atoms. The average Bonchev–Trinajstić information content (AvgIpc) is 3.59. The van der Waals surface area contributed by atoms with Gasteiger partial charge in [0.1, 0.15) is 0 Å². The predicted octanol–water partition coefficient (Wildman–Crippen LogP) is 2.83. The van der Waals surface area contributed by atoms with Gasteiger partial charge in [0.05, 0.1) is 23.1 Å². The number of rotatable bonds is 7. The molecule has 2 atom stereocenters. The Kier molecular flexibility index (Phi) is 6.36. The van der Waals surface area contributed by atoms with Crippen LogP contribution in [0.15, 0.2) is 43.0 Å². The molecule has 2 N–H and O–H groups in total. The summed E-state index contributed by atoms with van der Waals surface area (Å²) in [4.78, 5) is 32.9. The zero-order valence-electron chi connectivity index (χ0n) is 21.6. The van der Waals surface area contributed by atoms with Gasteiger partial charge in [0.15, 0.2) is 5.65 Å². The third kappa shape index (κ3) is 4.65. The van der Waals surface area contributed by atoms with Gasteiger partial charge in [-0.25, -0.2) is 0 Å². The maximum atomic E-state index is 13.1. The molecule has 2 unspecified atom stereocenters. The zero-order valence-corrected chi connectivity index (χ0v) is 21.6. The summed E-state index contributed by atoms with van der Waals surface area (Å²) in [5, 5.41) is 18.3. The number of anilines is 1. The molecule has 11 nitrogen and oxygen atoms in total. The van der Waals surface area contributed by atoms with Crippen LogP contribution < -0.4 is 10.6 Å². The number of fused-ring (bicyclic) bond motifs is 3. The van der Waals surface area contributed by atoms with Gasteiger partial charge < -0.3 is 10.6 Å². The van der Waals surface area contributed by atoms with Gasteiger partial charge >= 0.3 is 0 Å². The largest absolute Gasteiger partial charge is 0.351 e. The van der Waals surface area contributed by atoms with Gasteiger partial charge in [-0.3, -0.25) is 28.6 Å². The van der Waals surface area contributed by atoms with Crippen LogP contribution in [0.1, 0.15) is 58.8 Å². The van der Waals surface area contributed by atoms with Crippen molar-refractivity contribution in [3.8, 4) is 11.1 Å². The lowest BCUT2D eigenvalue weighted by Gasteiger charge is -2.34. The van der Waals surface area contributed by atoms with E-state index < -0.39 is 5.91 Å². The molecule has 196 valence electrons. The molecule has 6 rings (SSSR count). The number of hydrogen-bond acceptors (Lipinski definition) is 7. The minimum Gasteiger partial charge on any atom is -0.351 e. The number of nitrogens with zero attached hydrogens (tertiary/aromatic N) is 7.